The molecule has 0 saturated heterocycles. The normalized spacial score (nSPS) is 10.3. The molecule has 0 bridgehead atoms. The van der Waals surface area contributed by atoms with Gasteiger partial charge in [0.1, 0.15) is 0 Å². The zero-order chi connectivity index (χ0) is 10.7. The Hall–Kier alpha value is -1.03. The van der Waals surface area contributed by atoms with Gasteiger partial charge in [0.05, 0.1) is 0 Å². The van der Waals surface area contributed by atoms with E-state index in [1.807, 2.05) is 0 Å². The molecular weight excluding hydrogens is 220 g/mol. The van der Waals surface area contributed by atoms with E-state index in [1.54, 1.807) is 0 Å². The molecule has 0 aliphatic rings. The molecule has 0 amide bonds. The molecule has 2 rings (SSSR count). The Labute approximate surface area is 97.7 Å². The minimum atomic E-state index is 0.441. The van der Waals surface area contributed by atoms with E-state index in [2.05, 4.69) is 62.4 Å². The molecule has 0 unspecified atom stereocenters. The maximum absolute atomic E-state index is 2.24. The monoisotopic (exact) mass is 234 g/mol. The minimum absolute atomic E-state index is 0.441. The van der Waals surface area contributed by atoms with Crippen LogP contribution < -0.4 is 8.85 Å². The molecule has 0 nitrogen and oxygen atoms in total. The van der Waals surface area contributed by atoms with Gasteiger partial charge in [0.25, 0.3) is 0 Å². The van der Waals surface area contributed by atoms with Crippen molar-refractivity contribution in [2.24, 2.45) is 0 Å². The maximum atomic E-state index is 2.24. The van der Waals surface area contributed by atoms with E-state index in [1.165, 1.54) is 20.0 Å². The molecule has 2 aromatic rings. The molecule has 0 aromatic heterocycles. The fourth-order valence-electron chi connectivity index (χ4n) is 1.46. The predicted octanol–water partition coefficient (Wildman–Crippen LogP) is 2.34. The second-order valence-electron chi connectivity index (χ2n) is 3.63. The summed E-state index contributed by atoms with van der Waals surface area (Å²) in [6.45, 7) is 4.38. The van der Waals surface area contributed by atoms with Crippen LogP contribution in [0.4, 0.5) is 0 Å². The first-order chi connectivity index (χ1) is 7.27. The average Bonchev–Trinajstić information content (AvgIpc) is 2.24. The fourth-order valence-corrected chi connectivity index (χ4v) is 3.00. The molecule has 0 saturated carbocycles. The van der Waals surface area contributed by atoms with Crippen LogP contribution in [0.3, 0.4) is 0 Å². The summed E-state index contributed by atoms with van der Waals surface area (Å²) in [7, 11) is 0. The number of aryl methyl sites for hydroxylation is 2. The molecule has 0 spiro atoms. The van der Waals surface area contributed by atoms with Gasteiger partial charge in [-0.1, -0.05) is 0 Å². The fraction of sp³-hybridized carbons (Fsp3) is 0.143. The molecule has 0 N–H and O–H groups in total. The van der Waals surface area contributed by atoms with Crippen molar-refractivity contribution in [1.29, 1.82) is 0 Å². The van der Waals surface area contributed by atoms with Crippen LogP contribution >= 0.6 is 0 Å². The molecule has 15 heavy (non-hydrogen) atoms. The van der Waals surface area contributed by atoms with Crippen LogP contribution in [0, 0.1) is 13.8 Å². The first-order valence-corrected chi connectivity index (χ1v) is 6.34. The molecule has 2 aromatic carbocycles. The second kappa shape index (κ2) is 4.66. The van der Waals surface area contributed by atoms with Crippen molar-refractivity contribution in [3.8, 4) is 0 Å². The van der Waals surface area contributed by atoms with Crippen LogP contribution in [0.1, 0.15) is 11.1 Å². The molecule has 0 aliphatic carbocycles. The van der Waals surface area contributed by atoms with Gasteiger partial charge in [-0.2, -0.15) is 0 Å². The van der Waals surface area contributed by atoms with Gasteiger partial charge in [0, 0.05) is 0 Å². The van der Waals surface area contributed by atoms with Crippen LogP contribution in [-0.4, -0.2) is 0 Å². The summed E-state index contributed by atoms with van der Waals surface area (Å²) >= 11 is 0.441. The van der Waals surface area contributed by atoms with Crippen molar-refractivity contribution in [3.63, 3.8) is 0 Å². The average molecular weight is 234 g/mol. The van der Waals surface area contributed by atoms with Gasteiger partial charge in [0.2, 0.25) is 0 Å². The number of benzene rings is 2. The molecule has 0 fully saturated rings. The Bertz CT molecular complexity index is 417. The summed E-state index contributed by atoms with van der Waals surface area (Å²) in [6.07, 6.45) is 0. The standard InChI is InChI=1S/2C7H7.Cr/c2*1-7-5-3-2-4-6-7;/h2*2-5H,1H3;. The first kappa shape index (κ1) is 10.5. The molecule has 0 radical (unpaired) electrons. The number of rotatable bonds is 2. The number of hydrogen-bond donors (Lipinski definition) is 0. The van der Waals surface area contributed by atoms with Crippen molar-refractivity contribution >= 4 is 8.85 Å². The summed E-state index contributed by atoms with van der Waals surface area (Å²) in [5, 5.41) is 0. The van der Waals surface area contributed by atoms with Gasteiger partial charge in [0.15, 0.2) is 0 Å². The van der Waals surface area contributed by atoms with Crippen molar-refractivity contribution in [1.82, 2.24) is 0 Å². The van der Waals surface area contributed by atoms with E-state index in [9.17, 15) is 0 Å². The Balaban J connectivity index is 2.30. The molecular formula is C14H14Cr. The third-order valence-corrected chi connectivity index (χ3v) is 4.52. The Morgan fingerprint density at radius 2 is 1.07 bits per heavy atom. The molecule has 76 valence electrons. The van der Waals surface area contributed by atoms with E-state index in [0.29, 0.717) is 15.2 Å². The van der Waals surface area contributed by atoms with Gasteiger partial charge >= 0.3 is 97.6 Å². The second-order valence-corrected chi connectivity index (χ2v) is 5.33. The predicted molar refractivity (Wildman–Crippen MR) is 61.6 cm³/mol. The van der Waals surface area contributed by atoms with E-state index < -0.39 is 0 Å². The molecule has 0 aliphatic heterocycles. The SMILES string of the molecule is Cc1cccc[c]1[Cr][c]1ccccc1C. The van der Waals surface area contributed by atoms with Gasteiger partial charge in [-0.25, -0.2) is 0 Å². The van der Waals surface area contributed by atoms with Gasteiger partial charge in [-0.15, -0.1) is 0 Å². The van der Waals surface area contributed by atoms with Gasteiger partial charge in [-0.3, -0.25) is 0 Å². The van der Waals surface area contributed by atoms with Crippen LogP contribution in [0.5, 0.6) is 0 Å². The van der Waals surface area contributed by atoms with Crippen LogP contribution in [0.25, 0.3) is 0 Å². The summed E-state index contributed by atoms with van der Waals surface area (Å²) in [5.41, 5.74) is 2.81. The summed E-state index contributed by atoms with van der Waals surface area (Å²) < 4.78 is 2.97. The third-order valence-electron chi connectivity index (χ3n) is 2.41. The van der Waals surface area contributed by atoms with E-state index in [0.717, 1.165) is 0 Å². The topological polar surface area (TPSA) is 0 Å². The van der Waals surface area contributed by atoms with Crippen molar-refractivity contribution in [2.45, 2.75) is 13.8 Å². The van der Waals surface area contributed by atoms with Crippen molar-refractivity contribution in [2.75, 3.05) is 0 Å². The Kier molecular flexibility index (Phi) is 3.26. The Morgan fingerprint density at radius 3 is 1.47 bits per heavy atom. The van der Waals surface area contributed by atoms with Crippen LogP contribution in [-0.2, 0) is 15.2 Å². The first-order valence-electron chi connectivity index (χ1n) is 5.06. The van der Waals surface area contributed by atoms with Gasteiger partial charge < -0.3 is 0 Å². The summed E-state index contributed by atoms with van der Waals surface area (Å²) in [5.74, 6) is 0. The van der Waals surface area contributed by atoms with Crippen LogP contribution in [0.15, 0.2) is 48.5 Å². The summed E-state index contributed by atoms with van der Waals surface area (Å²) in [6, 6.07) is 17.3. The van der Waals surface area contributed by atoms with Crippen molar-refractivity contribution < 1.29 is 15.2 Å². The zero-order valence-electron chi connectivity index (χ0n) is 9.03. The Morgan fingerprint density at radius 1 is 0.667 bits per heavy atom. The van der Waals surface area contributed by atoms with Gasteiger partial charge in [-0.05, 0) is 0 Å². The van der Waals surface area contributed by atoms with E-state index in [4.69, 9.17) is 0 Å². The summed E-state index contributed by atoms with van der Waals surface area (Å²) in [4.78, 5) is 0. The number of hydrogen-bond acceptors (Lipinski definition) is 0. The molecule has 1 heteroatoms. The third kappa shape index (κ3) is 2.50. The van der Waals surface area contributed by atoms with Crippen molar-refractivity contribution in [3.05, 3.63) is 59.7 Å². The van der Waals surface area contributed by atoms with E-state index in [-0.39, 0.29) is 0 Å². The molecule has 0 atom stereocenters. The van der Waals surface area contributed by atoms with E-state index >= 15 is 0 Å². The quantitative estimate of drug-likeness (QED) is 0.748. The molecule has 0 heterocycles. The zero-order valence-corrected chi connectivity index (χ0v) is 10.3. The van der Waals surface area contributed by atoms with Crippen LogP contribution in [0.2, 0.25) is 0 Å².